The summed E-state index contributed by atoms with van der Waals surface area (Å²) in [5, 5.41) is 2.36. The van der Waals surface area contributed by atoms with Crippen LogP contribution >= 0.6 is 0 Å². The van der Waals surface area contributed by atoms with E-state index < -0.39 is 22.0 Å². The molecule has 186 valence electrons. The number of benzene rings is 1. The van der Waals surface area contributed by atoms with E-state index in [4.69, 9.17) is 4.74 Å². The van der Waals surface area contributed by atoms with Gasteiger partial charge in [-0.05, 0) is 42.9 Å². The molecule has 1 saturated heterocycles. The zero-order valence-electron chi connectivity index (χ0n) is 20.1. The minimum atomic E-state index is -3.79. The number of sulfonamides is 1. The van der Waals surface area contributed by atoms with Crippen LogP contribution < -0.4 is 5.32 Å². The highest BCUT2D eigenvalue weighted by atomic mass is 32.2. The number of amides is 3. The average Bonchev–Trinajstić information content (AvgIpc) is 2.82. The molecule has 0 bridgehead atoms. The molecule has 1 aliphatic carbocycles. The number of morpholine rings is 1. The molecule has 9 heteroatoms. The lowest BCUT2D eigenvalue weighted by molar-refractivity contribution is -0.117. The first-order valence-electron chi connectivity index (χ1n) is 12.0. The minimum absolute atomic E-state index is 0.0559. The number of nitrogens with zero attached hydrogens (tertiary/aromatic N) is 2. The van der Waals surface area contributed by atoms with Gasteiger partial charge in [0.25, 0.3) is 5.91 Å². The molecule has 1 heterocycles. The SMILES string of the molecule is CCCCCN(C(=O)NC(=O)C1=C(N2CCOCC2)C(=Cc2ccccc2)CCC1)S(C)(=O)=O. The van der Waals surface area contributed by atoms with Gasteiger partial charge in [0.1, 0.15) is 0 Å². The van der Waals surface area contributed by atoms with Crippen LogP contribution in [0.4, 0.5) is 4.79 Å². The van der Waals surface area contributed by atoms with Gasteiger partial charge < -0.3 is 9.64 Å². The normalized spacial score (nSPS) is 18.2. The van der Waals surface area contributed by atoms with Gasteiger partial charge in [-0.15, -0.1) is 0 Å². The van der Waals surface area contributed by atoms with E-state index >= 15 is 0 Å². The van der Waals surface area contributed by atoms with Crippen molar-refractivity contribution in [2.45, 2.75) is 45.4 Å². The molecule has 0 spiro atoms. The van der Waals surface area contributed by atoms with Crippen LogP contribution in [0, 0.1) is 0 Å². The zero-order chi connectivity index (χ0) is 24.6. The van der Waals surface area contributed by atoms with E-state index in [1.165, 1.54) is 0 Å². The molecule has 0 unspecified atom stereocenters. The second kappa shape index (κ2) is 12.2. The second-order valence-corrected chi connectivity index (χ2v) is 10.6. The molecule has 0 aromatic heterocycles. The summed E-state index contributed by atoms with van der Waals surface area (Å²) in [5.74, 6) is -0.533. The van der Waals surface area contributed by atoms with Gasteiger partial charge in [0.2, 0.25) is 10.0 Å². The van der Waals surface area contributed by atoms with Crippen LogP contribution in [0.1, 0.15) is 51.0 Å². The lowest BCUT2D eigenvalue weighted by Gasteiger charge is -2.36. The van der Waals surface area contributed by atoms with Crippen molar-refractivity contribution in [3.8, 4) is 0 Å². The van der Waals surface area contributed by atoms with Crippen LogP contribution in [-0.2, 0) is 19.6 Å². The Kier molecular flexibility index (Phi) is 9.29. The lowest BCUT2D eigenvalue weighted by Crippen LogP contribution is -2.47. The first-order chi connectivity index (χ1) is 16.3. The van der Waals surface area contributed by atoms with Gasteiger partial charge in [-0.3, -0.25) is 10.1 Å². The summed E-state index contributed by atoms with van der Waals surface area (Å²) in [6.45, 7) is 4.49. The van der Waals surface area contributed by atoms with Crippen molar-refractivity contribution in [3.63, 3.8) is 0 Å². The number of ether oxygens (including phenoxy) is 1. The molecule has 1 aromatic carbocycles. The number of carbonyl (C=O) groups is 2. The van der Waals surface area contributed by atoms with Crippen molar-refractivity contribution in [3.05, 3.63) is 52.7 Å². The maximum Gasteiger partial charge on any atom is 0.337 e. The number of rotatable bonds is 8. The Morgan fingerprint density at radius 2 is 1.82 bits per heavy atom. The summed E-state index contributed by atoms with van der Waals surface area (Å²) in [6, 6.07) is 9.04. The third-order valence-electron chi connectivity index (χ3n) is 6.02. The van der Waals surface area contributed by atoms with Gasteiger partial charge >= 0.3 is 6.03 Å². The van der Waals surface area contributed by atoms with Gasteiger partial charge in [0.05, 0.1) is 19.5 Å². The molecule has 34 heavy (non-hydrogen) atoms. The molecule has 8 nitrogen and oxygen atoms in total. The molecule has 0 saturated carbocycles. The highest BCUT2D eigenvalue weighted by Gasteiger charge is 2.31. The smallest absolute Gasteiger partial charge is 0.337 e. The van der Waals surface area contributed by atoms with Gasteiger partial charge in [0.15, 0.2) is 0 Å². The summed E-state index contributed by atoms with van der Waals surface area (Å²) in [7, 11) is -3.79. The van der Waals surface area contributed by atoms with Crippen molar-refractivity contribution in [1.29, 1.82) is 0 Å². The van der Waals surface area contributed by atoms with E-state index in [1.54, 1.807) is 0 Å². The van der Waals surface area contributed by atoms with E-state index in [9.17, 15) is 18.0 Å². The molecule has 3 rings (SSSR count). The van der Waals surface area contributed by atoms with Crippen molar-refractivity contribution in [1.82, 2.24) is 14.5 Å². The number of hydrogen-bond acceptors (Lipinski definition) is 6. The molecule has 1 N–H and O–H groups in total. The predicted octanol–water partition coefficient (Wildman–Crippen LogP) is 3.53. The van der Waals surface area contributed by atoms with E-state index in [-0.39, 0.29) is 6.54 Å². The standard InChI is InChI=1S/C25H35N3O5S/c1-3-4-8-14-28(34(2,31)32)25(30)26-24(29)22-13-9-12-21(19-20-10-6-5-7-11-20)23(22)27-15-17-33-18-16-27/h5-7,10-11,19H,3-4,8-9,12-18H2,1-2H3,(H,26,29,30). The number of allylic oxidation sites excluding steroid dienone is 1. The van der Waals surface area contributed by atoms with Crippen LogP contribution in [-0.4, -0.2) is 68.7 Å². The zero-order valence-corrected chi connectivity index (χ0v) is 20.9. The first kappa shape index (κ1) is 26.0. The molecule has 1 fully saturated rings. The number of imide groups is 1. The molecule has 1 aromatic rings. The van der Waals surface area contributed by atoms with Crippen LogP contribution in [0.15, 0.2) is 47.2 Å². The maximum atomic E-state index is 13.3. The Bertz CT molecular complexity index is 1030. The molecule has 1 aliphatic heterocycles. The predicted molar refractivity (Wildman–Crippen MR) is 132 cm³/mol. The fraction of sp³-hybridized carbons (Fsp3) is 0.520. The summed E-state index contributed by atoms with van der Waals surface area (Å²) in [4.78, 5) is 28.3. The maximum absolute atomic E-state index is 13.3. The summed E-state index contributed by atoms with van der Waals surface area (Å²) >= 11 is 0. The van der Waals surface area contributed by atoms with Crippen molar-refractivity contribution >= 4 is 28.0 Å². The summed E-state index contributed by atoms with van der Waals surface area (Å²) in [6.07, 6.45) is 7.44. The Morgan fingerprint density at radius 3 is 2.47 bits per heavy atom. The Labute approximate surface area is 202 Å². The molecular weight excluding hydrogens is 454 g/mol. The van der Waals surface area contributed by atoms with E-state index in [1.807, 2.05) is 37.3 Å². The van der Waals surface area contributed by atoms with Crippen LogP contribution in [0.2, 0.25) is 0 Å². The van der Waals surface area contributed by atoms with Crippen LogP contribution in [0.3, 0.4) is 0 Å². The summed E-state index contributed by atoms with van der Waals surface area (Å²) in [5.41, 5.74) is 3.44. The Morgan fingerprint density at radius 1 is 1.12 bits per heavy atom. The average molecular weight is 490 g/mol. The lowest BCUT2D eigenvalue weighted by atomic mass is 9.88. The Hall–Kier alpha value is -2.65. The topological polar surface area (TPSA) is 96.0 Å². The largest absolute Gasteiger partial charge is 0.378 e. The third kappa shape index (κ3) is 6.93. The van der Waals surface area contributed by atoms with Crippen molar-refractivity contribution < 1.29 is 22.7 Å². The molecule has 0 atom stereocenters. The highest BCUT2D eigenvalue weighted by molar-refractivity contribution is 7.88. The number of unbranched alkanes of at least 4 members (excludes halogenated alkanes) is 2. The first-order valence-corrected chi connectivity index (χ1v) is 13.8. The molecule has 3 amide bonds. The van der Waals surface area contributed by atoms with Crippen molar-refractivity contribution in [2.24, 2.45) is 0 Å². The van der Waals surface area contributed by atoms with Gasteiger partial charge in [-0.2, -0.15) is 0 Å². The number of carbonyl (C=O) groups excluding carboxylic acids is 2. The third-order valence-corrected chi connectivity index (χ3v) is 7.17. The number of nitrogens with one attached hydrogen (secondary N) is 1. The van der Waals surface area contributed by atoms with Crippen molar-refractivity contribution in [2.75, 3.05) is 39.1 Å². The monoisotopic (exact) mass is 489 g/mol. The van der Waals surface area contributed by atoms with Crippen LogP contribution in [0.5, 0.6) is 0 Å². The summed E-state index contributed by atoms with van der Waals surface area (Å²) < 4.78 is 30.7. The molecule has 2 aliphatic rings. The highest BCUT2D eigenvalue weighted by Crippen LogP contribution is 2.34. The van der Waals surface area contributed by atoms with Gasteiger partial charge in [-0.1, -0.05) is 50.1 Å². The van der Waals surface area contributed by atoms with Gasteiger partial charge in [-0.25, -0.2) is 17.5 Å². The van der Waals surface area contributed by atoms with Gasteiger partial charge in [0, 0.05) is 30.9 Å². The van der Waals surface area contributed by atoms with E-state index in [0.29, 0.717) is 44.7 Å². The quantitative estimate of drug-likeness (QED) is 0.561. The number of hydrogen-bond donors (Lipinski definition) is 1. The molecular formula is C25H35N3O5S. The number of urea groups is 1. The Balaban J connectivity index is 1.91. The minimum Gasteiger partial charge on any atom is -0.378 e. The van der Waals surface area contributed by atoms with E-state index in [2.05, 4.69) is 16.3 Å². The fourth-order valence-electron chi connectivity index (χ4n) is 4.34. The van der Waals surface area contributed by atoms with Crippen LogP contribution in [0.25, 0.3) is 6.08 Å². The second-order valence-electron chi connectivity index (χ2n) is 8.66. The fourth-order valence-corrected chi connectivity index (χ4v) is 5.15. The molecule has 0 radical (unpaired) electrons. The van der Waals surface area contributed by atoms with E-state index in [0.717, 1.165) is 53.1 Å².